The second-order valence-electron chi connectivity index (χ2n) is 6.02. The van der Waals surface area contributed by atoms with Gasteiger partial charge in [-0.05, 0) is 37.1 Å². The first kappa shape index (κ1) is 14.0. The van der Waals surface area contributed by atoms with Crippen LogP contribution in [0.15, 0.2) is 24.3 Å². The Morgan fingerprint density at radius 1 is 1.18 bits per heavy atom. The van der Waals surface area contributed by atoms with E-state index in [0.29, 0.717) is 11.5 Å². The van der Waals surface area contributed by atoms with Gasteiger partial charge in [-0.25, -0.2) is 0 Å². The van der Waals surface area contributed by atoms with Crippen molar-refractivity contribution in [3.63, 3.8) is 0 Å². The Balaban J connectivity index is 2.74. The lowest BCUT2D eigenvalue weighted by atomic mass is 9.96. The van der Waals surface area contributed by atoms with Crippen LogP contribution in [0.3, 0.4) is 0 Å². The van der Waals surface area contributed by atoms with Gasteiger partial charge in [-0.3, -0.25) is 0 Å². The predicted molar refractivity (Wildman–Crippen MR) is 76.6 cm³/mol. The number of benzene rings is 1. The van der Waals surface area contributed by atoms with Gasteiger partial charge in [-0.15, -0.1) is 0 Å². The molecule has 1 rings (SSSR count). The lowest BCUT2D eigenvalue weighted by molar-refractivity contribution is 0.419. The van der Waals surface area contributed by atoms with Crippen molar-refractivity contribution >= 4 is 5.69 Å². The first-order valence-electron chi connectivity index (χ1n) is 6.32. The normalized spacial score (nSPS) is 13.5. The van der Waals surface area contributed by atoms with Gasteiger partial charge < -0.3 is 10.2 Å². The molecule has 0 aliphatic carbocycles. The van der Waals surface area contributed by atoms with Crippen molar-refractivity contribution in [3.8, 4) is 0 Å². The molecule has 1 aromatic carbocycles. The minimum absolute atomic E-state index is 0.325. The molecule has 0 aromatic heterocycles. The molecule has 0 aliphatic heterocycles. The highest BCUT2D eigenvalue weighted by molar-refractivity contribution is 5.47. The first-order valence-corrected chi connectivity index (χ1v) is 6.32. The summed E-state index contributed by atoms with van der Waals surface area (Å²) in [5.74, 6) is 0. The molecule has 1 aromatic rings. The van der Waals surface area contributed by atoms with Gasteiger partial charge in [0.1, 0.15) is 0 Å². The van der Waals surface area contributed by atoms with Crippen LogP contribution in [-0.4, -0.2) is 20.6 Å². The second-order valence-corrected chi connectivity index (χ2v) is 6.02. The van der Waals surface area contributed by atoms with E-state index in [1.54, 1.807) is 0 Å². The monoisotopic (exact) mass is 234 g/mol. The first-order chi connectivity index (χ1) is 7.83. The van der Waals surface area contributed by atoms with Crippen molar-refractivity contribution < 1.29 is 0 Å². The zero-order valence-corrected chi connectivity index (χ0v) is 12.0. The van der Waals surface area contributed by atoms with Gasteiger partial charge in [0.2, 0.25) is 0 Å². The van der Waals surface area contributed by atoms with Gasteiger partial charge in [0.25, 0.3) is 0 Å². The van der Waals surface area contributed by atoms with Crippen LogP contribution in [0.25, 0.3) is 0 Å². The molecule has 1 atom stereocenters. The second kappa shape index (κ2) is 5.54. The third-order valence-corrected chi connectivity index (χ3v) is 2.98. The quantitative estimate of drug-likeness (QED) is 0.858. The highest BCUT2D eigenvalue weighted by Gasteiger charge is 2.14. The van der Waals surface area contributed by atoms with Gasteiger partial charge in [-0.1, -0.05) is 32.9 Å². The van der Waals surface area contributed by atoms with Crippen molar-refractivity contribution in [3.05, 3.63) is 29.8 Å². The van der Waals surface area contributed by atoms with Gasteiger partial charge in [0.15, 0.2) is 0 Å². The fourth-order valence-electron chi connectivity index (χ4n) is 1.99. The third-order valence-electron chi connectivity index (χ3n) is 2.98. The molecule has 0 fully saturated rings. The molecule has 2 nitrogen and oxygen atoms in total. The number of rotatable bonds is 4. The molecule has 0 spiro atoms. The van der Waals surface area contributed by atoms with Gasteiger partial charge >= 0.3 is 0 Å². The maximum absolute atomic E-state index is 3.25. The van der Waals surface area contributed by atoms with Crippen LogP contribution in [0.1, 0.15) is 39.3 Å². The largest absolute Gasteiger partial charge is 0.374 e. The van der Waals surface area contributed by atoms with Crippen molar-refractivity contribution in [2.24, 2.45) is 5.41 Å². The summed E-state index contributed by atoms with van der Waals surface area (Å²) in [6, 6.07) is 9.23. The van der Waals surface area contributed by atoms with Crippen LogP contribution in [-0.2, 0) is 0 Å². The summed E-state index contributed by atoms with van der Waals surface area (Å²) >= 11 is 0. The van der Waals surface area contributed by atoms with Crippen molar-refractivity contribution in [1.82, 2.24) is 5.32 Å². The van der Waals surface area contributed by atoms with Crippen molar-refractivity contribution in [2.45, 2.75) is 33.7 Å². The molecular weight excluding hydrogens is 208 g/mol. The van der Waals surface area contributed by atoms with E-state index in [9.17, 15) is 0 Å². The Hall–Kier alpha value is -1.02. The van der Waals surface area contributed by atoms with E-state index in [1.165, 1.54) is 11.3 Å². The van der Waals surface area contributed by atoms with Gasteiger partial charge in [-0.2, -0.15) is 0 Å². The molecule has 0 amide bonds. The van der Waals surface area contributed by atoms with E-state index >= 15 is 0 Å². The van der Waals surface area contributed by atoms with E-state index in [2.05, 4.69) is 69.2 Å². The average molecular weight is 234 g/mol. The van der Waals surface area contributed by atoms with E-state index < -0.39 is 0 Å². The van der Waals surface area contributed by atoms with Gasteiger partial charge in [0, 0.05) is 25.3 Å². The summed E-state index contributed by atoms with van der Waals surface area (Å²) in [6.45, 7) is 10.0. The van der Waals surface area contributed by atoms with E-state index in [-0.39, 0.29) is 0 Å². The van der Waals surface area contributed by atoms with Crippen LogP contribution in [0, 0.1) is 5.41 Å². The van der Waals surface area contributed by atoms with Gasteiger partial charge in [0.05, 0.1) is 0 Å². The minimum atomic E-state index is 0.325. The van der Waals surface area contributed by atoms with Crippen molar-refractivity contribution in [1.29, 1.82) is 0 Å². The summed E-state index contributed by atoms with van der Waals surface area (Å²) in [6.07, 6.45) is 0. The molecule has 0 aliphatic rings. The molecule has 0 saturated heterocycles. The fraction of sp³-hybridized carbons (Fsp3) is 0.600. The Morgan fingerprint density at radius 3 is 2.12 bits per heavy atom. The zero-order chi connectivity index (χ0) is 13.1. The third kappa shape index (κ3) is 4.39. The van der Waals surface area contributed by atoms with Crippen LogP contribution in [0.5, 0.6) is 0 Å². The summed E-state index contributed by atoms with van der Waals surface area (Å²) < 4.78 is 0. The number of hydrogen-bond donors (Lipinski definition) is 1. The molecule has 0 radical (unpaired) electrons. The Morgan fingerprint density at radius 2 is 1.71 bits per heavy atom. The van der Waals surface area contributed by atoms with Crippen LogP contribution < -0.4 is 10.2 Å². The molecule has 96 valence electrons. The number of nitrogens with zero attached hydrogens (tertiary/aromatic N) is 1. The minimum Gasteiger partial charge on any atom is -0.374 e. The lowest BCUT2D eigenvalue weighted by Crippen LogP contribution is -2.29. The smallest absolute Gasteiger partial charge is 0.0363 e. The maximum atomic E-state index is 3.25. The highest BCUT2D eigenvalue weighted by Crippen LogP contribution is 2.22. The van der Waals surface area contributed by atoms with E-state index in [1.807, 2.05) is 7.05 Å². The molecule has 1 unspecified atom stereocenters. The van der Waals surface area contributed by atoms with Crippen LogP contribution in [0.2, 0.25) is 0 Å². The summed E-state index contributed by atoms with van der Waals surface area (Å²) in [5.41, 5.74) is 2.94. The topological polar surface area (TPSA) is 15.3 Å². The molecule has 17 heavy (non-hydrogen) atoms. The summed E-state index contributed by atoms with van der Waals surface area (Å²) in [5, 5.41) is 3.25. The summed E-state index contributed by atoms with van der Waals surface area (Å²) in [7, 11) is 4.14. The number of hydrogen-bond acceptors (Lipinski definition) is 2. The lowest BCUT2D eigenvalue weighted by Gasteiger charge is -2.28. The average Bonchev–Trinajstić information content (AvgIpc) is 2.26. The molecule has 2 heteroatoms. The number of anilines is 1. The molecule has 0 saturated carbocycles. The fourth-order valence-corrected chi connectivity index (χ4v) is 1.99. The predicted octanol–water partition coefficient (Wildman–Crippen LogP) is 3.45. The standard InChI is InChI=1S/C15H26N2/c1-12(16-5)13-7-9-14(10-8-13)17(6)11-15(2,3)4/h7-10,12,16H,11H2,1-6H3. The SMILES string of the molecule is CNC(C)c1ccc(N(C)CC(C)(C)C)cc1. The summed E-state index contributed by atoms with van der Waals surface area (Å²) in [4.78, 5) is 2.31. The maximum Gasteiger partial charge on any atom is 0.0363 e. The Bertz CT molecular complexity index is 335. The van der Waals surface area contributed by atoms with Crippen molar-refractivity contribution in [2.75, 3.05) is 25.5 Å². The molecular formula is C15H26N2. The van der Waals surface area contributed by atoms with Crippen LogP contribution in [0.4, 0.5) is 5.69 Å². The van der Waals surface area contributed by atoms with Crippen LogP contribution >= 0.6 is 0 Å². The zero-order valence-electron chi connectivity index (χ0n) is 12.0. The van der Waals surface area contributed by atoms with E-state index in [4.69, 9.17) is 0 Å². The Kier molecular flexibility index (Phi) is 4.58. The molecule has 0 heterocycles. The number of nitrogens with one attached hydrogen (secondary N) is 1. The molecule has 1 N–H and O–H groups in total. The molecule has 0 bridgehead atoms. The van der Waals surface area contributed by atoms with E-state index in [0.717, 1.165) is 6.54 Å². The highest BCUT2D eigenvalue weighted by atomic mass is 15.1. The Labute approximate surface area is 106 Å².